The van der Waals surface area contributed by atoms with Crippen molar-refractivity contribution in [1.82, 2.24) is 9.55 Å². The summed E-state index contributed by atoms with van der Waals surface area (Å²) in [4.78, 5) is 27.2. The van der Waals surface area contributed by atoms with Gasteiger partial charge in [0.1, 0.15) is 42.1 Å². The molecule has 1 unspecified atom stereocenters. The molecule has 0 aliphatic carbocycles. The quantitative estimate of drug-likeness (QED) is 0.105. The van der Waals surface area contributed by atoms with E-state index in [1.807, 2.05) is 78.9 Å². The number of nitrogens with one attached hydrogen (secondary N) is 1. The lowest BCUT2D eigenvalue weighted by Gasteiger charge is -2.37. The Hall–Kier alpha value is -4.16. The summed E-state index contributed by atoms with van der Waals surface area (Å²) in [6.45, 7) is 1.43. The highest BCUT2D eigenvalue weighted by Gasteiger charge is 2.46. The molecule has 2 heterocycles. The van der Waals surface area contributed by atoms with Crippen LogP contribution in [0.3, 0.4) is 0 Å². The average Bonchev–Trinajstić information content (AvgIpc) is 3.49. The smallest absolute Gasteiger partial charge is 0.497 e. The molecule has 3 aromatic carbocycles. The van der Waals surface area contributed by atoms with Crippen LogP contribution in [0.15, 0.2) is 94.6 Å². The number of aliphatic hydroxyl groups excluding tert-OH is 1. The largest absolute Gasteiger partial charge is 0.697 e. The number of methoxy groups -OCH3 is 2. The molecule has 4 atom stereocenters. The van der Waals surface area contributed by atoms with E-state index in [1.165, 1.54) is 10.8 Å². The molecule has 1 fully saturated rings. The first-order valence-corrected chi connectivity index (χ1v) is 16.2. The van der Waals surface area contributed by atoms with Crippen LogP contribution in [-0.2, 0) is 28.7 Å². The molecule has 1 saturated heterocycles. The van der Waals surface area contributed by atoms with E-state index in [0.717, 1.165) is 16.7 Å². The Labute approximate surface area is 272 Å². The highest BCUT2D eigenvalue weighted by atomic mass is 31.1. The number of aliphatic hydroxyl groups is 1. The van der Waals surface area contributed by atoms with Crippen molar-refractivity contribution in [3.8, 4) is 11.5 Å². The van der Waals surface area contributed by atoms with Crippen molar-refractivity contribution in [2.24, 2.45) is 0 Å². The second-order valence-electron chi connectivity index (χ2n) is 10.9. The summed E-state index contributed by atoms with van der Waals surface area (Å²) >= 11 is 0. The molecule has 248 valence electrons. The van der Waals surface area contributed by atoms with Crippen molar-refractivity contribution in [3.63, 3.8) is 0 Å². The second-order valence-corrected chi connectivity index (χ2v) is 11.9. The van der Waals surface area contributed by atoms with E-state index in [-0.39, 0.29) is 32.7 Å². The number of benzene rings is 3. The van der Waals surface area contributed by atoms with Gasteiger partial charge in [-0.05, 0) is 54.3 Å². The van der Waals surface area contributed by atoms with E-state index in [9.17, 15) is 14.2 Å². The molecule has 0 saturated carbocycles. The highest BCUT2D eigenvalue weighted by Crippen LogP contribution is 2.44. The summed E-state index contributed by atoms with van der Waals surface area (Å²) < 4.78 is 49.4. The summed E-state index contributed by atoms with van der Waals surface area (Å²) in [7, 11) is 0.608. The first-order chi connectivity index (χ1) is 22.8. The number of ether oxygens (including phenoxy) is 4. The fourth-order valence-electron chi connectivity index (χ4n) is 5.56. The lowest BCUT2D eigenvalue weighted by molar-refractivity contribution is -0.0920. The molecule has 4 aromatic rings. The monoisotopic (exact) mass is 665 g/mol. The maximum atomic E-state index is 12.8. The Balaban J connectivity index is 1.55. The Bertz CT molecular complexity index is 1690. The Morgan fingerprint density at radius 2 is 1.53 bits per heavy atom. The third-order valence-corrected chi connectivity index (χ3v) is 8.83. The van der Waals surface area contributed by atoms with E-state index in [0.29, 0.717) is 17.1 Å². The molecule has 0 amide bonds. The van der Waals surface area contributed by atoms with Gasteiger partial charge >= 0.3 is 13.9 Å². The van der Waals surface area contributed by atoms with Crippen molar-refractivity contribution < 1.29 is 37.7 Å². The van der Waals surface area contributed by atoms with Crippen LogP contribution in [0.4, 0.5) is 0 Å². The third kappa shape index (κ3) is 7.70. The van der Waals surface area contributed by atoms with Crippen LogP contribution in [0, 0.1) is 6.92 Å². The zero-order valence-electron chi connectivity index (χ0n) is 26.4. The molecule has 2 N–H and O–H groups in total. The van der Waals surface area contributed by atoms with Gasteiger partial charge in [-0.2, -0.15) is 0 Å². The minimum Gasteiger partial charge on any atom is -0.497 e. The van der Waals surface area contributed by atoms with Gasteiger partial charge in [0.15, 0.2) is 0 Å². The van der Waals surface area contributed by atoms with Crippen molar-refractivity contribution in [3.05, 3.63) is 128 Å². The molecule has 1 aliphatic rings. The average molecular weight is 666 g/mol. The highest BCUT2D eigenvalue weighted by molar-refractivity contribution is 7.33. The SMILES string of the molecule is COc1ccc(C(OC[C@H]2O[C@@H](n3cc(C)c(=O)[nH]c3=O)C[C@@H]2O[P+](=O)OCCCO)(c2ccccc2)c2ccc(OC)cc2)cc1. The standard InChI is InChI=1S/C34H37N2O10P/c1-23-21-36(33(39)35-32(23)38)31-20-29(46-47(40)44-19-7-18-37)30(45-31)22-43-34(24-8-5-4-6-9-24,25-10-14-27(41-2)15-11-25)26-12-16-28(42-3)17-13-26/h4-6,8-17,21,29-31,37H,7,18-20,22H2,1-3H3/p+1/t29-,30+,31+/m0/s1. The Morgan fingerprint density at radius 3 is 2.11 bits per heavy atom. The van der Waals surface area contributed by atoms with Crippen molar-refractivity contribution in [2.75, 3.05) is 34.0 Å². The van der Waals surface area contributed by atoms with Gasteiger partial charge in [-0.1, -0.05) is 54.6 Å². The van der Waals surface area contributed by atoms with Gasteiger partial charge in [-0.25, -0.2) is 4.79 Å². The van der Waals surface area contributed by atoms with Crippen LogP contribution < -0.4 is 20.7 Å². The predicted molar refractivity (Wildman–Crippen MR) is 173 cm³/mol. The molecule has 0 radical (unpaired) electrons. The number of nitrogens with zero attached hydrogens (tertiary/aromatic N) is 1. The molecule has 12 nitrogen and oxygen atoms in total. The number of aromatic amines is 1. The predicted octanol–water partition coefficient (Wildman–Crippen LogP) is 4.60. The van der Waals surface area contributed by atoms with Crippen LogP contribution in [0.25, 0.3) is 0 Å². The lowest BCUT2D eigenvalue weighted by atomic mass is 9.80. The van der Waals surface area contributed by atoms with E-state index < -0.39 is 43.5 Å². The van der Waals surface area contributed by atoms with Gasteiger partial charge in [0.05, 0.1) is 20.8 Å². The summed E-state index contributed by atoms with van der Waals surface area (Å²) in [5.41, 5.74) is 0.435. The molecule has 5 rings (SSSR count). The topological polar surface area (TPSA) is 148 Å². The van der Waals surface area contributed by atoms with Crippen LogP contribution in [0.2, 0.25) is 0 Å². The van der Waals surface area contributed by atoms with Gasteiger partial charge in [0.2, 0.25) is 0 Å². The molecular formula is C34H38N2O10P+. The van der Waals surface area contributed by atoms with E-state index >= 15 is 0 Å². The molecule has 0 bridgehead atoms. The van der Waals surface area contributed by atoms with E-state index in [1.54, 1.807) is 21.1 Å². The number of H-pyrrole nitrogens is 1. The normalized spacial score (nSPS) is 18.2. The zero-order chi connectivity index (χ0) is 33.4. The van der Waals surface area contributed by atoms with Gasteiger partial charge < -0.3 is 24.1 Å². The Morgan fingerprint density at radius 1 is 0.936 bits per heavy atom. The zero-order valence-corrected chi connectivity index (χ0v) is 27.3. The second kappa shape index (κ2) is 15.6. The fraction of sp³-hybridized carbons (Fsp3) is 0.353. The number of hydrogen-bond acceptors (Lipinski definition) is 10. The van der Waals surface area contributed by atoms with Gasteiger partial charge in [0.25, 0.3) is 5.56 Å². The first kappa shape index (κ1) is 34.2. The molecule has 13 heteroatoms. The van der Waals surface area contributed by atoms with Gasteiger partial charge in [-0.3, -0.25) is 14.3 Å². The molecule has 1 aliphatic heterocycles. The van der Waals surface area contributed by atoms with E-state index in [2.05, 4.69) is 4.98 Å². The summed E-state index contributed by atoms with van der Waals surface area (Å²) in [6, 6.07) is 24.8. The minimum atomic E-state index is -2.59. The molecule has 0 spiro atoms. The maximum absolute atomic E-state index is 12.8. The van der Waals surface area contributed by atoms with Crippen LogP contribution in [-0.4, -0.2) is 60.9 Å². The molecular weight excluding hydrogens is 627 g/mol. The Kier molecular flexibility index (Phi) is 11.4. The molecule has 47 heavy (non-hydrogen) atoms. The van der Waals surface area contributed by atoms with Gasteiger partial charge in [-0.15, -0.1) is 9.05 Å². The van der Waals surface area contributed by atoms with E-state index in [4.69, 9.17) is 33.1 Å². The fourth-order valence-corrected chi connectivity index (χ4v) is 6.34. The van der Waals surface area contributed by atoms with Crippen molar-refractivity contribution in [2.45, 2.75) is 43.8 Å². The van der Waals surface area contributed by atoms with Crippen LogP contribution in [0.1, 0.15) is 41.3 Å². The van der Waals surface area contributed by atoms with Gasteiger partial charge in [0, 0.05) is 29.4 Å². The van der Waals surface area contributed by atoms with Crippen LogP contribution in [0.5, 0.6) is 11.5 Å². The number of rotatable bonds is 15. The van der Waals surface area contributed by atoms with Crippen LogP contribution >= 0.6 is 8.25 Å². The summed E-state index contributed by atoms with van der Waals surface area (Å²) in [6.07, 6.45) is -0.669. The summed E-state index contributed by atoms with van der Waals surface area (Å²) in [5.74, 6) is 1.35. The third-order valence-electron chi connectivity index (χ3n) is 7.99. The van der Waals surface area contributed by atoms with Crippen molar-refractivity contribution in [1.29, 1.82) is 0 Å². The molecule has 1 aromatic heterocycles. The minimum absolute atomic E-state index is 0.0362. The van der Waals surface area contributed by atoms with Crippen molar-refractivity contribution >= 4 is 8.25 Å². The number of aryl methyl sites for hydroxylation is 1. The maximum Gasteiger partial charge on any atom is 0.697 e. The summed E-state index contributed by atoms with van der Waals surface area (Å²) in [5, 5.41) is 9.10. The first-order valence-electron chi connectivity index (χ1n) is 15.1. The number of hydrogen-bond donors (Lipinski definition) is 2. The lowest BCUT2D eigenvalue weighted by Crippen LogP contribution is -2.38. The number of aromatic nitrogens is 2.